The maximum atomic E-state index is 13.4. The van der Waals surface area contributed by atoms with Gasteiger partial charge in [-0.2, -0.15) is 0 Å². The van der Waals surface area contributed by atoms with E-state index in [2.05, 4.69) is 22.1 Å². The lowest BCUT2D eigenvalue weighted by Gasteiger charge is -2.19. The molecule has 0 unspecified atom stereocenters. The summed E-state index contributed by atoms with van der Waals surface area (Å²) in [6.07, 6.45) is 3.36. The number of aromatic amines is 1. The molecular weight excluding hydrogens is 500 g/mol. The second kappa shape index (κ2) is 11.5. The van der Waals surface area contributed by atoms with E-state index in [0.717, 1.165) is 22.7 Å². The summed E-state index contributed by atoms with van der Waals surface area (Å²) >= 11 is 0. The second-order valence-electron chi connectivity index (χ2n) is 9.34. The molecular formula is C30H30N2O5S. The zero-order valence-corrected chi connectivity index (χ0v) is 22.3. The summed E-state index contributed by atoms with van der Waals surface area (Å²) in [5.74, 6) is 6.08. The Labute approximate surface area is 222 Å². The van der Waals surface area contributed by atoms with Crippen molar-refractivity contribution in [3.05, 3.63) is 95.2 Å². The van der Waals surface area contributed by atoms with Gasteiger partial charge in [-0.05, 0) is 74.4 Å². The highest BCUT2D eigenvalue weighted by molar-refractivity contribution is 7.90. The fourth-order valence-electron chi connectivity index (χ4n) is 4.06. The monoisotopic (exact) mass is 530 g/mol. The van der Waals surface area contributed by atoms with Gasteiger partial charge in [0, 0.05) is 34.5 Å². The van der Waals surface area contributed by atoms with Crippen LogP contribution in [0.3, 0.4) is 0 Å². The van der Waals surface area contributed by atoms with Gasteiger partial charge in [0.25, 0.3) is 5.91 Å². The zero-order valence-electron chi connectivity index (χ0n) is 21.5. The molecule has 3 aromatic carbocycles. The third kappa shape index (κ3) is 6.62. The van der Waals surface area contributed by atoms with E-state index in [1.165, 1.54) is 12.1 Å². The van der Waals surface area contributed by atoms with Gasteiger partial charge in [0.1, 0.15) is 5.75 Å². The van der Waals surface area contributed by atoms with Crippen LogP contribution in [0.4, 0.5) is 0 Å². The van der Waals surface area contributed by atoms with Gasteiger partial charge in [-0.15, -0.1) is 0 Å². The molecule has 0 aliphatic rings. The molecule has 0 aliphatic carbocycles. The molecule has 1 amide bonds. The van der Waals surface area contributed by atoms with Crippen LogP contribution in [0.25, 0.3) is 10.9 Å². The van der Waals surface area contributed by atoms with Gasteiger partial charge in [0.2, 0.25) is 0 Å². The molecule has 0 saturated heterocycles. The van der Waals surface area contributed by atoms with E-state index in [9.17, 15) is 18.3 Å². The van der Waals surface area contributed by atoms with Gasteiger partial charge in [0.15, 0.2) is 9.84 Å². The van der Waals surface area contributed by atoms with Crippen LogP contribution in [-0.2, 0) is 16.3 Å². The van der Waals surface area contributed by atoms with Crippen molar-refractivity contribution in [2.45, 2.75) is 37.3 Å². The molecule has 7 nitrogen and oxygen atoms in total. The van der Waals surface area contributed by atoms with Gasteiger partial charge >= 0.3 is 0 Å². The first kappa shape index (κ1) is 27.0. The van der Waals surface area contributed by atoms with Crippen molar-refractivity contribution in [2.75, 3.05) is 12.9 Å². The maximum absolute atomic E-state index is 13.4. The summed E-state index contributed by atoms with van der Waals surface area (Å²) in [7, 11) is -3.28. The first-order chi connectivity index (χ1) is 18.1. The minimum atomic E-state index is -3.28. The number of fused-ring (bicyclic) bond motifs is 1. The lowest BCUT2D eigenvalue weighted by molar-refractivity contribution is 0.0910. The predicted octanol–water partition coefficient (Wildman–Crippen LogP) is 4.09. The Hall–Kier alpha value is -4.06. The second-order valence-corrected chi connectivity index (χ2v) is 11.4. The third-order valence-corrected chi connectivity index (χ3v) is 7.05. The fraction of sp³-hybridized carbons (Fsp3) is 0.233. The summed E-state index contributed by atoms with van der Waals surface area (Å²) in [6.45, 7) is 3.53. The average Bonchev–Trinajstić information content (AvgIpc) is 3.29. The Bertz CT molecular complexity index is 1610. The van der Waals surface area contributed by atoms with E-state index in [1.54, 1.807) is 30.3 Å². The number of carbonyl (C=O) groups excluding carboxylic acids is 1. The van der Waals surface area contributed by atoms with Crippen molar-refractivity contribution in [1.29, 1.82) is 0 Å². The molecule has 3 N–H and O–H groups in total. The minimum Gasteiger partial charge on any atom is -0.490 e. The number of aliphatic hydroxyl groups is 1. The number of rotatable bonds is 8. The molecule has 4 rings (SSSR count). The first-order valence-electron chi connectivity index (χ1n) is 12.2. The molecule has 0 aliphatic heterocycles. The lowest BCUT2D eigenvalue weighted by Crippen LogP contribution is -2.39. The molecule has 196 valence electrons. The molecule has 38 heavy (non-hydrogen) atoms. The Morgan fingerprint density at radius 1 is 1.03 bits per heavy atom. The largest absolute Gasteiger partial charge is 0.490 e. The number of benzene rings is 3. The highest BCUT2D eigenvalue weighted by Gasteiger charge is 2.19. The van der Waals surface area contributed by atoms with Crippen molar-refractivity contribution in [1.82, 2.24) is 10.3 Å². The zero-order chi connectivity index (χ0) is 27.3. The van der Waals surface area contributed by atoms with Crippen molar-refractivity contribution in [2.24, 2.45) is 0 Å². The van der Waals surface area contributed by atoms with Gasteiger partial charge in [-0.25, -0.2) is 8.42 Å². The van der Waals surface area contributed by atoms with Crippen LogP contribution in [-0.4, -0.2) is 49.4 Å². The van der Waals surface area contributed by atoms with Crippen LogP contribution in [0.2, 0.25) is 0 Å². The minimum absolute atomic E-state index is 0.147. The number of amides is 1. The molecule has 0 fully saturated rings. The summed E-state index contributed by atoms with van der Waals surface area (Å²) in [5.41, 5.74) is 3.55. The van der Waals surface area contributed by atoms with Crippen LogP contribution < -0.4 is 10.1 Å². The SMILES string of the molecule is CC(C)Oc1ccc(C#Cc2ccc(S(C)(=O)=O)cc2)cc1C(=O)N[C@@H](CO)Cc1c[nH]c2ccccc12. The van der Waals surface area contributed by atoms with E-state index in [0.29, 0.717) is 28.9 Å². The van der Waals surface area contributed by atoms with E-state index < -0.39 is 15.9 Å². The number of nitrogens with one attached hydrogen (secondary N) is 2. The van der Waals surface area contributed by atoms with Crippen molar-refractivity contribution in [3.8, 4) is 17.6 Å². The molecule has 0 bridgehead atoms. The normalized spacial score (nSPS) is 12.1. The summed E-state index contributed by atoms with van der Waals surface area (Å²) in [4.78, 5) is 16.8. The number of hydrogen-bond donors (Lipinski definition) is 3. The molecule has 1 atom stereocenters. The van der Waals surface area contributed by atoms with Crippen LogP contribution in [0, 0.1) is 11.8 Å². The van der Waals surface area contributed by atoms with Gasteiger partial charge in [-0.3, -0.25) is 4.79 Å². The molecule has 1 aromatic heterocycles. The molecule has 0 saturated carbocycles. The van der Waals surface area contributed by atoms with Crippen LogP contribution in [0.1, 0.15) is 40.9 Å². The average molecular weight is 531 g/mol. The van der Waals surface area contributed by atoms with Crippen molar-refractivity contribution in [3.63, 3.8) is 0 Å². The van der Waals surface area contributed by atoms with Gasteiger partial charge < -0.3 is 20.1 Å². The Kier molecular flexibility index (Phi) is 8.20. The number of aliphatic hydroxyl groups excluding tert-OH is 1. The molecule has 4 aromatic rings. The smallest absolute Gasteiger partial charge is 0.255 e. The Morgan fingerprint density at radius 2 is 1.71 bits per heavy atom. The number of hydrogen-bond acceptors (Lipinski definition) is 5. The Morgan fingerprint density at radius 3 is 2.39 bits per heavy atom. The summed E-state index contributed by atoms with van der Waals surface area (Å²) in [5, 5.41) is 14.0. The van der Waals surface area contributed by atoms with E-state index in [1.807, 2.05) is 44.3 Å². The number of ether oxygens (including phenoxy) is 1. The van der Waals surface area contributed by atoms with Gasteiger partial charge in [-0.1, -0.05) is 30.0 Å². The number of para-hydroxylation sites is 1. The molecule has 1 heterocycles. The van der Waals surface area contributed by atoms with E-state index >= 15 is 0 Å². The number of aromatic nitrogens is 1. The van der Waals surface area contributed by atoms with Crippen LogP contribution in [0.5, 0.6) is 5.75 Å². The maximum Gasteiger partial charge on any atom is 0.255 e. The molecule has 8 heteroatoms. The van der Waals surface area contributed by atoms with Crippen LogP contribution >= 0.6 is 0 Å². The molecule has 0 spiro atoms. The molecule has 0 radical (unpaired) electrons. The van der Waals surface area contributed by atoms with E-state index in [4.69, 9.17) is 4.74 Å². The first-order valence-corrected chi connectivity index (χ1v) is 14.1. The standard InChI is InChI=1S/C30H30N2O5S/c1-20(2)37-29-15-12-22(9-8-21-10-13-25(14-11-21)38(3,35)36)16-27(29)30(34)32-24(19-33)17-23-18-31-28-7-5-4-6-26(23)28/h4-7,10-16,18,20,24,31,33H,17,19H2,1-3H3,(H,32,34)/t24-/m1/s1. The van der Waals surface area contributed by atoms with E-state index in [-0.39, 0.29) is 23.5 Å². The highest BCUT2D eigenvalue weighted by atomic mass is 32.2. The fourth-order valence-corrected chi connectivity index (χ4v) is 4.69. The van der Waals surface area contributed by atoms with Crippen molar-refractivity contribution >= 4 is 26.6 Å². The predicted molar refractivity (Wildman–Crippen MR) is 148 cm³/mol. The topological polar surface area (TPSA) is 108 Å². The third-order valence-electron chi connectivity index (χ3n) is 5.92. The lowest BCUT2D eigenvalue weighted by atomic mass is 10.0. The summed E-state index contributed by atoms with van der Waals surface area (Å²) in [6, 6.07) is 18.8. The Balaban J connectivity index is 1.57. The number of carbonyl (C=O) groups is 1. The number of sulfone groups is 1. The van der Waals surface area contributed by atoms with Gasteiger partial charge in [0.05, 0.1) is 29.2 Å². The van der Waals surface area contributed by atoms with Crippen LogP contribution in [0.15, 0.2) is 77.8 Å². The quantitative estimate of drug-likeness (QED) is 0.298. The number of H-pyrrole nitrogens is 1. The summed E-state index contributed by atoms with van der Waals surface area (Å²) < 4.78 is 29.2. The highest BCUT2D eigenvalue weighted by Crippen LogP contribution is 2.23. The van der Waals surface area contributed by atoms with Crippen molar-refractivity contribution < 1.29 is 23.1 Å².